The average molecular weight is 1200 g/mol. The Kier molecular flexibility index (Phi) is 26.4. The molecule has 4 atom stereocenters. The summed E-state index contributed by atoms with van der Waals surface area (Å²) in [4.78, 5) is 47.1. The summed E-state index contributed by atoms with van der Waals surface area (Å²) >= 11 is 0. The average Bonchev–Trinajstić information content (AvgIpc) is 2.12. The minimum Gasteiger partial charge on any atom is -0.453 e. The Bertz CT molecular complexity index is 2800. The molecule has 0 spiro atoms. The Labute approximate surface area is 493 Å². The second-order valence-corrected chi connectivity index (χ2v) is 20.8. The largest absolute Gasteiger partial charge is 0.453 e. The Morgan fingerprint density at radius 3 is 1.98 bits per heavy atom. The third kappa shape index (κ3) is 20.1. The van der Waals surface area contributed by atoms with Gasteiger partial charge in [0, 0.05) is 68.4 Å². The van der Waals surface area contributed by atoms with E-state index in [2.05, 4.69) is 54.0 Å². The summed E-state index contributed by atoms with van der Waals surface area (Å²) in [6, 6.07) is 13.9. The van der Waals surface area contributed by atoms with Crippen LogP contribution in [0.2, 0.25) is 0 Å². The molecule has 1 N–H and O–H groups in total. The van der Waals surface area contributed by atoms with Crippen LogP contribution in [-0.2, 0) is 79.9 Å². The molecule has 26 heteroatoms. The fourth-order valence-electron chi connectivity index (χ4n) is 11.0. The number of ether oxygens (including phenoxy) is 10. The number of carbonyl (C=O) groups is 3. The summed E-state index contributed by atoms with van der Waals surface area (Å²) in [6.07, 6.45) is 10.7. The van der Waals surface area contributed by atoms with Gasteiger partial charge >= 0.3 is 12.1 Å². The van der Waals surface area contributed by atoms with Gasteiger partial charge in [0.1, 0.15) is 17.3 Å². The van der Waals surface area contributed by atoms with Crippen LogP contribution in [0.4, 0.5) is 18.0 Å². The molecule has 2 saturated heterocycles. The van der Waals surface area contributed by atoms with Crippen LogP contribution < -0.4 is 10.1 Å². The quantitative estimate of drug-likeness (QED) is 0.0269. The molecule has 8 rings (SSSR count). The van der Waals surface area contributed by atoms with E-state index in [1.165, 1.54) is 19.2 Å². The SMILES string of the molecule is COC(=O)N1CCc2c(nc(C)n2C2CC3CCC2N3CC[C@H](NC(=O)c2ccn(CCCCc3cn(CCOCCOCCOCCOCCOCCOCCOCCOCCC(=O)Oc4c(F)cc(F)cc4F)nn3)n2)c2ccccc2)C1. The number of nitrogens with one attached hydrogen (secondary N) is 1. The van der Waals surface area contributed by atoms with Gasteiger partial charge in [0.15, 0.2) is 11.6 Å². The topological polar surface area (TPSA) is 228 Å². The van der Waals surface area contributed by atoms with E-state index < -0.39 is 29.2 Å². The fourth-order valence-corrected chi connectivity index (χ4v) is 11.0. The van der Waals surface area contributed by atoms with Crippen LogP contribution in [0.3, 0.4) is 0 Å². The zero-order chi connectivity index (χ0) is 59.6. The van der Waals surface area contributed by atoms with Crippen molar-refractivity contribution in [3.8, 4) is 5.75 Å². The molecule has 3 aromatic heterocycles. The third-order valence-corrected chi connectivity index (χ3v) is 15.1. The van der Waals surface area contributed by atoms with Crippen LogP contribution in [-0.4, -0.2) is 200 Å². The predicted octanol–water partition coefficient (Wildman–Crippen LogP) is 6.01. The smallest absolute Gasteiger partial charge is 0.409 e. The Hall–Kier alpha value is -6.36. The van der Waals surface area contributed by atoms with Crippen LogP contribution in [0.15, 0.2) is 60.9 Å². The third-order valence-electron chi connectivity index (χ3n) is 15.1. The second kappa shape index (κ2) is 34.7. The number of imidazole rings is 1. The lowest BCUT2D eigenvalue weighted by atomic mass is 9.94. The first kappa shape index (κ1) is 64.6. The summed E-state index contributed by atoms with van der Waals surface area (Å²) in [7, 11) is 1.42. The van der Waals surface area contributed by atoms with E-state index in [9.17, 15) is 27.6 Å². The van der Waals surface area contributed by atoms with Crippen molar-refractivity contribution in [3.63, 3.8) is 0 Å². The van der Waals surface area contributed by atoms with E-state index in [-0.39, 0.29) is 44.3 Å². The molecule has 23 nitrogen and oxygen atoms in total. The van der Waals surface area contributed by atoms with Crippen molar-refractivity contribution in [3.05, 3.63) is 113 Å². The highest BCUT2D eigenvalue weighted by Gasteiger charge is 2.48. The number of hydrogen-bond acceptors (Lipinski definition) is 18. The van der Waals surface area contributed by atoms with Crippen LogP contribution in [0.5, 0.6) is 5.75 Å². The summed E-state index contributed by atoms with van der Waals surface area (Å²) < 4.78 is 99.8. The van der Waals surface area contributed by atoms with Gasteiger partial charge in [-0.2, -0.15) is 5.10 Å². The highest BCUT2D eigenvalue weighted by molar-refractivity contribution is 5.92. The lowest BCUT2D eigenvalue weighted by Crippen LogP contribution is -2.38. The molecule has 2 amide bonds. The summed E-state index contributed by atoms with van der Waals surface area (Å²) in [5.74, 6) is -4.76. The maximum Gasteiger partial charge on any atom is 0.409 e. The first-order chi connectivity index (χ1) is 41.5. The standard InChI is InChI=1S/C59H81F3N10O13/c1-43-63-52-42-68(59(75)76-2)18-15-53(52)72(43)55-40-47-11-12-54(55)71(47)20-14-50(44-8-4-3-5-9-44)64-58(74)51-13-19-69(66-51)17-7-6-10-46-41-70(67-65-46)21-23-78-25-27-80-29-31-82-33-35-84-37-36-83-34-32-81-30-28-79-26-24-77-22-16-56(73)85-57-48(61)38-45(60)39-49(57)62/h3-5,8-9,13,19,38-39,41,47,50,54-55H,6-7,10-12,14-18,20-37,40,42H2,1-2H3,(H,64,74)/t47?,50-,54?,55?/m0/s1. The second-order valence-electron chi connectivity index (χ2n) is 20.8. The Balaban J connectivity index is 0.585. The van der Waals surface area contributed by atoms with E-state index in [1.54, 1.807) is 15.6 Å². The minimum atomic E-state index is -1.30. The van der Waals surface area contributed by atoms with Crippen molar-refractivity contribution in [2.24, 2.45) is 0 Å². The first-order valence-corrected chi connectivity index (χ1v) is 29.4. The molecule has 3 unspecified atom stereocenters. The lowest BCUT2D eigenvalue weighted by molar-refractivity contribution is -0.136. The minimum absolute atomic E-state index is 0.0451. The number of hydrogen-bond donors (Lipinski definition) is 1. The number of aromatic nitrogens is 7. The van der Waals surface area contributed by atoms with Gasteiger partial charge in [0.25, 0.3) is 5.91 Å². The number of methoxy groups -OCH3 is 1. The van der Waals surface area contributed by atoms with E-state index in [1.807, 2.05) is 35.3 Å². The molecule has 466 valence electrons. The van der Waals surface area contributed by atoms with Crippen molar-refractivity contribution in [1.29, 1.82) is 0 Å². The number of rotatable bonds is 40. The molecule has 0 aliphatic carbocycles. The normalized spacial score (nSPS) is 17.0. The number of halogens is 3. The molecule has 2 fully saturated rings. The van der Waals surface area contributed by atoms with Crippen molar-refractivity contribution in [1.82, 2.24) is 49.4 Å². The maximum atomic E-state index is 13.8. The summed E-state index contributed by atoms with van der Waals surface area (Å²) in [5, 5.41) is 16.6. The number of benzene rings is 2. The van der Waals surface area contributed by atoms with Gasteiger partial charge in [-0.1, -0.05) is 35.5 Å². The van der Waals surface area contributed by atoms with Gasteiger partial charge in [-0.3, -0.25) is 19.2 Å². The highest BCUT2D eigenvalue weighted by Crippen LogP contribution is 2.46. The van der Waals surface area contributed by atoms with Gasteiger partial charge < -0.3 is 62.2 Å². The molecule has 85 heavy (non-hydrogen) atoms. The van der Waals surface area contributed by atoms with Crippen molar-refractivity contribution in [2.75, 3.05) is 126 Å². The van der Waals surface area contributed by atoms with Gasteiger partial charge in [0.05, 0.1) is 156 Å². The number of fused-ring (bicyclic) bond motifs is 3. The van der Waals surface area contributed by atoms with Crippen molar-refractivity contribution in [2.45, 2.75) is 109 Å². The molecule has 3 aliphatic heterocycles. The van der Waals surface area contributed by atoms with Gasteiger partial charge in [0.2, 0.25) is 5.75 Å². The first-order valence-electron chi connectivity index (χ1n) is 29.4. The van der Waals surface area contributed by atoms with Crippen LogP contribution in [0.1, 0.15) is 96.0 Å². The van der Waals surface area contributed by atoms with Crippen molar-refractivity contribution >= 4 is 18.0 Å². The van der Waals surface area contributed by atoms with E-state index >= 15 is 0 Å². The zero-order valence-electron chi connectivity index (χ0n) is 48.8. The van der Waals surface area contributed by atoms with Crippen LogP contribution in [0.25, 0.3) is 0 Å². The maximum absolute atomic E-state index is 13.8. The van der Waals surface area contributed by atoms with E-state index in [0.29, 0.717) is 148 Å². The highest BCUT2D eigenvalue weighted by atomic mass is 19.1. The number of unbranched alkanes of at least 4 members (excludes halogenated alkanes) is 1. The van der Waals surface area contributed by atoms with Gasteiger partial charge in [-0.05, 0) is 63.5 Å². The number of nitrogens with zero attached hydrogens (tertiary/aromatic N) is 9. The van der Waals surface area contributed by atoms with Crippen LogP contribution in [0, 0.1) is 24.4 Å². The van der Waals surface area contributed by atoms with E-state index in [0.717, 1.165) is 74.3 Å². The molecule has 6 heterocycles. The number of esters is 1. The molecular weight excluding hydrogens is 1110 g/mol. The Morgan fingerprint density at radius 2 is 1.34 bits per heavy atom. The molecule has 3 aliphatic rings. The molecule has 0 saturated carbocycles. The number of aryl methyl sites for hydroxylation is 3. The molecule has 0 radical (unpaired) electrons. The fraction of sp³-hybridized carbons (Fsp3) is 0.610. The Morgan fingerprint density at radius 1 is 0.718 bits per heavy atom. The lowest BCUT2D eigenvalue weighted by Gasteiger charge is -2.31. The number of carbonyl (C=O) groups excluding carboxylic acids is 3. The zero-order valence-corrected chi connectivity index (χ0v) is 48.8. The molecule has 5 aromatic rings. The van der Waals surface area contributed by atoms with Gasteiger partial charge in [-0.25, -0.2) is 27.6 Å². The van der Waals surface area contributed by atoms with E-state index in [4.69, 9.17) is 47.6 Å². The van der Waals surface area contributed by atoms with Gasteiger partial charge in [-0.15, -0.1) is 5.10 Å². The summed E-state index contributed by atoms with van der Waals surface area (Å²) in [5.41, 5.74) is 4.61. The monoisotopic (exact) mass is 1190 g/mol. The molecule has 2 aromatic carbocycles. The van der Waals surface area contributed by atoms with Crippen LogP contribution >= 0.6 is 0 Å². The molecular formula is C59H81F3N10O13. The number of amides is 2. The summed E-state index contributed by atoms with van der Waals surface area (Å²) in [6.45, 7) is 11.2. The molecule has 2 bridgehead atoms. The predicted molar refractivity (Wildman–Crippen MR) is 300 cm³/mol. The van der Waals surface area contributed by atoms with Crippen molar-refractivity contribution < 1.29 is 74.9 Å².